The van der Waals surface area contributed by atoms with Crippen molar-refractivity contribution >= 4 is 28.5 Å². The molecule has 4 rings (SSSR count). The van der Waals surface area contributed by atoms with E-state index in [4.69, 9.17) is 4.42 Å². The Hall–Kier alpha value is -3.67. The van der Waals surface area contributed by atoms with E-state index in [1.54, 1.807) is 12.3 Å². The van der Waals surface area contributed by atoms with Crippen LogP contribution in [0.5, 0.6) is 0 Å². The number of amides is 1. The second-order valence-corrected chi connectivity index (χ2v) is 6.33. The molecule has 0 saturated carbocycles. The van der Waals surface area contributed by atoms with Gasteiger partial charge in [-0.25, -0.2) is 9.97 Å². The van der Waals surface area contributed by atoms with Crippen LogP contribution in [0.1, 0.15) is 10.4 Å². The highest BCUT2D eigenvalue weighted by Crippen LogP contribution is 2.25. The zero-order valence-electron chi connectivity index (χ0n) is 15.0. The van der Waals surface area contributed by atoms with Crippen molar-refractivity contribution in [2.75, 3.05) is 24.3 Å². The molecule has 4 aromatic rings. The Labute approximate surface area is 156 Å². The van der Waals surface area contributed by atoms with E-state index in [1.807, 2.05) is 73.6 Å². The Morgan fingerprint density at radius 1 is 1.04 bits per heavy atom. The van der Waals surface area contributed by atoms with Gasteiger partial charge in [0.15, 0.2) is 0 Å². The molecule has 0 saturated heterocycles. The molecule has 2 aromatic heterocycles. The summed E-state index contributed by atoms with van der Waals surface area (Å²) in [5.74, 6) is 0.296. The Balaban J connectivity index is 1.59. The van der Waals surface area contributed by atoms with E-state index in [0.717, 1.165) is 11.3 Å². The fraction of sp³-hybridized carbons (Fsp3) is 0.0952. The maximum absolute atomic E-state index is 12.6. The molecule has 0 aliphatic carbocycles. The number of carbonyl (C=O) groups is 1. The molecule has 1 amide bonds. The summed E-state index contributed by atoms with van der Waals surface area (Å²) in [6.07, 6.45) is 1.66. The number of anilines is 2. The largest absolute Gasteiger partial charge is 0.418 e. The van der Waals surface area contributed by atoms with Crippen LogP contribution in [0, 0.1) is 0 Å². The van der Waals surface area contributed by atoms with Gasteiger partial charge < -0.3 is 14.6 Å². The summed E-state index contributed by atoms with van der Waals surface area (Å²) in [6.45, 7) is 0. The SMILES string of the molecule is CN(C)c1cccc(C(=O)Nc2cccc(-c3nc4cccnc4o3)c2)c1. The summed E-state index contributed by atoms with van der Waals surface area (Å²) >= 11 is 0. The molecule has 0 fully saturated rings. The number of carbonyl (C=O) groups excluding carboxylic acids is 1. The number of hydrogen-bond donors (Lipinski definition) is 1. The van der Waals surface area contributed by atoms with Gasteiger partial charge in [0.05, 0.1) is 0 Å². The number of fused-ring (bicyclic) bond motifs is 1. The molecule has 134 valence electrons. The Morgan fingerprint density at radius 3 is 2.70 bits per heavy atom. The van der Waals surface area contributed by atoms with Crippen LogP contribution in [0.25, 0.3) is 22.7 Å². The second-order valence-electron chi connectivity index (χ2n) is 6.33. The van der Waals surface area contributed by atoms with Crippen molar-refractivity contribution in [3.63, 3.8) is 0 Å². The van der Waals surface area contributed by atoms with E-state index in [-0.39, 0.29) is 5.91 Å². The smallest absolute Gasteiger partial charge is 0.255 e. The lowest BCUT2D eigenvalue weighted by Crippen LogP contribution is -2.14. The van der Waals surface area contributed by atoms with Crippen LogP contribution in [-0.2, 0) is 0 Å². The van der Waals surface area contributed by atoms with Crippen LogP contribution in [0.15, 0.2) is 71.3 Å². The van der Waals surface area contributed by atoms with E-state index < -0.39 is 0 Å². The van der Waals surface area contributed by atoms with Gasteiger partial charge in [0.25, 0.3) is 5.91 Å². The maximum Gasteiger partial charge on any atom is 0.255 e. The molecule has 2 heterocycles. The first-order valence-electron chi connectivity index (χ1n) is 8.51. The normalized spacial score (nSPS) is 10.7. The fourth-order valence-electron chi connectivity index (χ4n) is 2.75. The van der Waals surface area contributed by atoms with Crippen LogP contribution in [0.3, 0.4) is 0 Å². The van der Waals surface area contributed by atoms with Gasteiger partial charge in [0.1, 0.15) is 5.52 Å². The molecule has 0 aliphatic heterocycles. The quantitative estimate of drug-likeness (QED) is 0.592. The number of benzene rings is 2. The molecule has 0 radical (unpaired) electrons. The maximum atomic E-state index is 12.6. The molecular weight excluding hydrogens is 340 g/mol. The topological polar surface area (TPSA) is 71.3 Å². The molecule has 6 nitrogen and oxygen atoms in total. The Morgan fingerprint density at radius 2 is 1.89 bits per heavy atom. The predicted molar refractivity (Wildman–Crippen MR) is 106 cm³/mol. The molecule has 0 aliphatic rings. The molecule has 0 spiro atoms. The Kier molecular flexibility index (Phi) is 4.30. The lowest BCUT2D eigenvalue weighted by molar-refractivity contribution is 0.102. The number of nitrogens with zero attached hydrogens (tertiary/aromatic N) is 3. The molecule has 6 heteroatoms. The summed E-state index contributed by atoms with van der Waals surface area (Å²) in [5.41, 5.74) is 4.19. The van der Waals surface area contributed by atoms with Crippen LogP contribution in [0.4, 0.5) is 11.4 Å². The van der Waals surface area contributed by atoms with E-state index in [0.29, 0.717) is 28.4 Å². The van der Waals surface area contributed by atoms with Gasteiger partial charge >= 0.3 is 0 Å². The summed E-state index contributed by atoms with van der Waals surface area (Å²) in [5, 5.41) is 2.93. The standard InChI is InChI=1S/C21H18N4O2/c1-25(2)17-9-4-6-14(13-17)19(26)23-16-8-3-7-15(12-16)20-24-18-10-5-11-22-21(18)27-20/h3-13H,1-2H3,(H,23,26). The zero-order valence-corrected chi connectivity index (χ0v) is 15.0. The van der Waals surface area contributed by atoms with Crippen LogP contribution in [-0.4, -0.2) is 30.0 Å². The molecule has 1 N–H and O–H groups in total. The van der Waals surface area contributed by atoms with Crippen molar-refractivity contribution in [2.24, 2.45) is 0 Å². The van der Waals surface area contributed by atoms with Gasteiger partial charge in [-0.1, -0.05) is 12.1 Å². The number of oxazole rings is 1. The highest BCUT2D eigenvalue weighted by molar-refractivity contribution is 6.05. The van der Waals surface area contributed by atoms with Crippen molar-refractivity contribution in [3.05, 3.63) is 72.4 Å². The number of aromatic nitrogens is 2. The highest BCUT2D eigenvalue weighted by Gasteiger charge is 2.11. The summed E-state index contributed by atoms with van der Waals surface area (Å²) in [7, 11) is 3.88. The summed E-state index contributed by atoms with van der Waals surface area (Å²) < 4.78 is 5.70. The van der Waals surface area contributed by atoms with Crippen molar-refractivity contribution < 1.29 is 9.21 Å². The van der Waals surface area contributed by atoms with Crippen molar-refractivity contribution in [1.82, 2.24) is 9.97 Å². The number of nitrogens with one attached hydrogen (secondary N) is 1. The van der Waals surface area contributed by atoms with Crippen LogP contribution < -0.4 is 10.2 Å². The number of hydrogen-bond acceptors (Lipinski definition) is 5. The van der Waals surface area contributed by atoms with E-state index in [1.165, 1.54) is 0 Å². The van der Waals surface area contributed by atoms with E-state index in [9.17, 15) is 4.79 Å². The zero-order chi connectivity index (χ0) is 18.8. The van der Waals surface area contributed by atoms with Crippen molar-refractivity contribution in [3.8, 4) is 11.5 Å². The molecule has 0 bridgehead atoms. The molecule has 2 aromatic carbocycles. The van der Waals surface area contributed by atoms with Gasteiger partial charge in [0.2, 0.25) is 11.6 Å². The third kappa shape index (κ3) is 3.50. The average Bonchev–Trinajstić information content (AvgIpc) is 3.12. The van der Waals surface area contributed by atoms with Gasteiger partial charge in [0, 0.05) is 42.8 Å². The lowest BCUT2D eigenvalue weighted by atomic mass is 10.1. The van der Waals surface area contributed by atoms with Crippen molar-refractivity contribution in [1.29, 1.82) is 0 Å². The third-order valence-electron chi connectivity index (χ3n) is 4.16. The third-order valence-corrected chi connectivity index (χ3v) is 4.16. The van der Waals surface area contributed by atoms with E-state index in [2.05, 4.69) is 15.3 Å². The monoisotopic (exact) mass is 358 g/mol. The van der Waals surface area contributed by atoms with Crippen LogP contribution >= 0.6 is 0 Å². The van der Waals surface area contributed by atoms with Crippen molar-refractivity contribution in [2.45, 2.75) is 0 Å². The first kappa shape index (κ1) is 16.8. The molecular formula is C21H18N4O2. The Bertz CT molecular complexity index is 1080. The number of pyridine rings is 1. The predicted octanol–water partition coefficient (Wildman–Crippen LogP) is 4.21. The van der Waals surface area contributed by atoms with Crippen LogP contribution in [0.2, 0.25) is 0 Å². The molecule has 0 atom stereocenters. The minimum Gasteiger partial charge on any atom is -0.418 e. The minimum absolute atomic E-state index is 0.171. The summed E-state index contributed by atoms with van der Waals surface area (Å²) in [4.78, 5) is 23.2. The van der Waals surface area contributed by atoms with Gasteiger partial charge in [-0.15, -0.1) is 0 Å². The first-order chi connectivity index (χ1) is 13.1. The van der Waals surface area contributed by atoms with Gasteiger partial charge in [-0.05, 0) is 48.5 Å². The first-order valence-corrected chi connectivity index (χ1v) is 8.51. The number of rotatable bonds is 4. The fourth-order valence-corrected chi connectivity index (χ4v) is 2.75. The second kappa shape index (κ2) is 6.92. The summed E-state index contributed by atoms with van der Waals surface area (Å²) in [6, 6.07) is 18.5. The van der Waals surface area contributed by atoms with E-state index >= 15 is 0 Å². The highest BCUT2D eigenvalue weighted by atomic mass is 16.4. The lowest BCUT2D eigenvalue weighted by Gasteiger charge is -2.13. The van der Waals surface area contributed by atoms with Gasteiger partial charge in [-0.3, -0.25) is 4.79 Å². The minimum atomic E-state index is -0.171. The average molecular weight is 358 g/mol. The van der Waals surface area contributed by atoms with Gasteiger partial charge in [-0.2, -0.15) is 0 Å². The molecule has 27 heavy (non-hydrogen) atoms. The molecule has 0 unspecified atom stereocenters.